The Kier molecular flexibility index (Phi) is 9.64. The van der Waals surface area contributed by atoms with E-state index in [2.05, 4.69) is 5.32 Å². The molecule has 2 aromatic carbocycles. The molecule has 1 N–H and O–H groups in total. The molecule has 1 fully saturated rings. The van der Waals surface area contributed by atoms with E-state index in [1.165, 1.54) is 4.90 Å². The lowest BCUT2D eigenvalue weighted by Crippen LogP contribution is -2.53. The smallest absolute Gasteiger partial charge is 0.244 e. The minimum Gasteiger partial charge on any atom is -0.352 e. The summed E-state index contributed by atoms with van der Waals surface area (Å²) in [5.41, 5.74) is 1.64. The van der Waals surface area contributed by atoms with Gasteiger partial charge in [0.1, 0.15) is 12.6 Å². The summed E-state index contributed by atoms with van der Waals surface area (Å²) in [6.45, 7) is 3.16. The summed E-state index contributed by atoms with van der Waals surface area (Å²) >= 11 is 0. The van der Waals surface area contributed by atoms with Crippen LogP contribution in [-0.4, -0.2) is 50.0 Å². The number of rotatable bonds is 10. The summed E-state index contributed by atoms with van der Waals surface area (Å²) in [4.78, 5) is 28.4. The maximum atomic E-state index is 13.9. The van der Waals surface area contributed by atoms with E-state index in [1.807, 2.05) is 31.2 Å². The van der Waals surface area contributed by atoms with Crippen molar-refractivity contribution in [2.24, 2.45) is 0 Å². The molecule has 2 amide bonds. The highest BCUT2D eigenvalue weighted by Gasteiger charge is 2.33. The van der Waals surface area contributed by atoms with E-state index in [-0.39, 0.29) is 24.2 Å². The standard InChI is InChI=1S/C27H35F2N3O4S/c1-4-25(27(34)30-21-8-6-5-7-9-21)31(17-20-12-10-19(2)11-13-20)26(33)18-32(37(3,35)36)22-14-15-23(28)24(29)16-22/h10-16,21,25H,4-9,17-18H2,1-3H3,(H,30,34)/t25-/m0/s1. The molecule has 202 valence electrons. The molecule has 0 aliphatic heterocycles. The van der Waals surface area contributed by atoms with Gasteiger partial charge in [-0.15, -0.1) is 0 Å². The fraction of sp³-hybridized carbons (Fsp3) is 0.481. The van der Waals surface area contributed by atoms with E-state index in [9.17, 15) is 26.8 Å². The topological polar surface area (TPSA) is 86.8 Å². The molecule has 0 heterocycles. The third-order valence-electron chi connectivity index (χ3n) is 6.68. The van der Waals surface area contributed by atoms with Crippen molar-refractivity contribution in [2.75, 3.05) is 17.1 Å². The number of hydrogen-bond donors (Lipinski definition) is 1. The number of aryl methyl sites for hydroxylation is 1. The lowest BCUT2D eigenvalue weighted by atomic mass is 9.95. The monoisotopic (exact) mass is 535 g/mol. The van der Waals surface area contributed by atoms with Crippen LogP contribution in [0, 0.1) is 18.6 Å². The largest absolute Gasteiger partial charge is 0.352 e. The van der Waals surface area contributed by atoms with Crippen molar-refractivity contribution in [3.05, 3.63) is 65.2 Å². The van der Waals surface area contributed by atoms with E-state index in [4.69, 9.17) is 0 Å². The van der Waals surface area contributed by atoms with E-state index < -0.39 is 40.2 Å². The molecule has 1 saturated carbocycles. The Morgan fingerprint density at radius 1 is 1.03 bits per heavy atom. The number of halogens is 2. The van der Waals surface area contributed by atoms with Crippen molar-refractivity contribution in [3.63, 3.8) is 0 Å². The number of amides is 2. The van der Waals surface area contributed by atoms with E-state index in [0.29, 0.717) is 6.42 Å². The number of carbonyl (C=O) groups excluding carboxylic acids is 2. The van der Waals surface area contributed by atoms with Gasteiger partial charge in [-0.05, 0) is 43.9 Å². The summed E-state index contributed by atoms with van der Waals surface area (Å²) in [6.07, 6.45) is 6.17. The molecule has 10 heteroatoms. The molecule has 3 rings (SSSR count). The zero-order valence-corrected chi connectivity index (χ0v) is 22.4. The molecular formula is C27H35F2N3O4S. The van der Waals surface area contributed by atoms with Crippen LogP contribution < -0.4 is 9.62 Å². The minimum atomic E-state index is -4.03. The van der Waals surface area contributed by atoms with Gasteiger partial charge in [-0.3, -0.25) is 13.9 Å². The predicted octanol–water partition coefficient (Wildman–Crippen LogP) is 4.30. The lowest BCUT2D eigenvalue weighted by Gasteiger charge is -2.34. The first-order chi connectivity index (χ1) is 17.5. The van der Waals surface area contributed by atoms with Crippen molar-refractivity contribution < 1.29 is 26.8 Å². The molecule has 0 unspecified atom stereocenters. The van der Waals surface area contributed by atoms with Crippen LogP contribution >= 0.6 is 0 Å². The molecule has 2 aromatic rings. The second-order valence-corrected chi connectivity index (χ2v) is 11.5. The highest BCUT2D eigenvalue weighted by Crippen LogP contribution is 2.23. The number of anilines is 1. The minimum absolute atomic E-state index is 0.0429. The van der Waals surface area contributed by atoms with Crippen molar-refractivity contribution in [2.45, 2.75) is 71.0 Å². The Balaban J connectivity index is 1.92. The number of benzene rings is 2. The van der Waals surface area contributed by atoms with Crippen LogP contribution in [0.1, 0.15) is 56.6 Å². The van der Waals surface area contributed by atoms with Crippen LogP contribution in [0.5, 0.6) is 0 Å². The average Bonchev–Trinajstić information content (AvgIpc) is 2.85. The summed E-state index contributed by atoms with van der Waals surface area (Å²) in [7, 11) is -4.03. The molecular weight excluding hydrogens is 500 g/mol. The molecule has 7 nitrogen and oxygen atoms in total. The second kappa shape index (κ2) is 12.5. The third-order valence-corrected chi connectivity index (χ3v) is 7.82. The Hall–Kier alpha value is -3.01. The lowest BCUT2D eigenvalue weighted by molar-refractivity contribution is -0.140. The van der Waals surface area contributed by atoms with Gasteiger partial charge in [0.15, 0.2) is 11.6 Å². The maximum Gasteiger partial charge on any atom is 0.244 e. The summed E-state index contributed by atoms with van der Waals surface area (Å²) in [6, 6.07) is 9.35. The van der Waals surface area contributed by atoms with Gasteiger partial charge in [0, 0.05) is 18.7 Å². The molecule has 37 heavy (non-hydrogen) atoms. The summed E-state index contributed by atoms with van der Waals surface area (Å²) in [5, 5.41) is 3.07. The van der Waals surface area contributed by atoms with Crippen molar-refractivity contribution in [1.29, 1.82) is 0 Å². The Morgan fingerprint density at radius 3 is 2.24 bits per heavy atom. The fourth-order valence-electron chi connectivity index (χ4n) is 4.61. The molecule has 0 aromatic heterocycles. The molecule has 1 atom stereocenters. The summed E-state index contributed by atoms with van der Waals surface area (Å²) < 4.78 is 53.3. The summed E-state index contributed by atoms with van der Waals surface area (Å²) in [5.74, 6) is -3.27. The SMILES string of the molecule is CC[C@@H](C(=O)NC1CCCCC1)N(Cc1ccc(C)cc1)C(=O)CN(c1ccc(F)c(F)c1)S(C)(=O)=O. The number of carbonyl (C=O) groups is 2. The van der Waals surface area contributed by atoms with E-state index in [0.717, 1.165) is 72.0 Å². The van der Waals surface area contributed by atoms with Gasteiger partial charge in [-0.25, -0.2) is 17.2 Å². The normalized spacial score (nSPS) is 15.2. The number of hydrogen-bond acceptors (Lipinski definition) is 4. The highest BCUT2D eigenvalue weighted by molar-refractivity contribution is 7.92. The van der Waals surface area contributed by atoms with Crippen LogP contribution in [-0.2, 0) is 26.2 Å². The van der Waals surface area contributed by atoms with Gasteiger partial charge >= 0.3 is 0 Å². The zero-order chi connectivity index (χ0) is 27.2. The molecule has 0 bridgehead atoms. The maximum absolute atomic E-state index is 13.9. The van der Waals surface area contributed by atoms with Gasteiger partial charge in [0.25, 0.3) is 0 Å². The Labute approximate surface area is 217 Å². The average molecular weight is 536 g/mol. The second-order valence-electron chi connectivity index (χ2n) is 9.64. The molecule has 1 aliphatic rings. The van der Waals surface area contributed by atoms with Gasteiger partial charge in [-0.2, -0.15) is 0 Å². The van der Waals surface area contributed by atoms with Crippen LogP contribution in [0.15, 0.2) is 42.5 Å². The Morgan fingerprint density at radius 2 is 1.68 bits per heavy atom. The number of nitrogens with zero attached hydrogens (tertiary/aromatic N) is 2. The third kappa shape index (κ3) is 7.74. The van der Waals surface area contributed by atoms with Gasteiger partial charge in [0.2, 0.25) is 21.8 Å². The Bertz CT molecular complexity index is 1200. The first-order valence-corrected chi connectivity index (χ1v) is 14.4. The first kappa shape index (κ1) is 28.6. The fourth-order valence-corrected chi connectivity index (χ4v) is 5.45. The van der Waals surface area contributed by atoms with Crippen molar-refractivity contribution >= 4 is 27.5 Å². The van der Waals surface area contributed by atoms with Crippen LogP contribution in [0.25, 0.3) is 0 Å². The number of sulfonamides is 1. The predicted molar refractivity (Wildman–Crippen MR) is 139 cm³/mol. The van der Waals surface area contributed by atoms with Gasteiger partial charge in [0.05, 0.1) is 11.9 Å². The first-order valence-electron chi connectivity index (χ1n) is 12.6. The van der Waals surface area contributed by atoms with E-state index >= 15 is 0 Å². The molecule has 1 aliphatic carbocycles. The molecule has 0 radical (unpaired) electrons. The van der Waals surface area contributed by atoms with Gasteiger partial charge in [-0.1, -0.05) is 56.0 Å². The molecule has 0 spiro atoms. The van der Waals surface area contributed by atoms with Crippen molar-refractivity contribution in [3.8, 4) is 0 Å². The highest BCUT2D eigenvalue weighted by atomic mass is 32.2. The van der Waals surface area contributed by atoms with Crippen LogP contribution in [0.3, 0.4) is 0 Å². The van der Waals surface area contributed by atoms with Crippen LogP contribution in [0.4, 0.5) is 14.5 Å². The van der Waals surface area contributed by atoms with Crippen molar-refractivity contribution in [1.82, 2.24) is 10.2 Å². The molecule has 0 saturated heterocycles. The van der Waals surface area contributed by atoms with Gasteiger partial charge < -0.3 is 10.2 Å². The number of nitrogens with one attached hydrogen (secondary N) is 1. The van der Waals surface area contributed by atoms with Crippen LogP contribution in [0.2, 0.25) is 0 Å². The quantitative estimate of drug-likeness (QED) is 0.492. The zero-order valence-electron chi connectivity index (χ0n) is 21.5. The van der Waals surface area contributed by atoms with E-state index in [1.54, 1.807) is 6.92 Å².